The summed E-state index contributed by atoms with van der Waals surface area (Å²) in [5, 5.41) is 0.550. The number of aromatic nitrogens is 2. The van der Waals surface area contributed by atoms with Gasteiger partial charge in [0, 0.05) is 16.6 Å². The Balaban J connectivity index is 2.50. The topological polar surface area (TPSA) is 130 Å². The maximum atomic E-state index is 11.8. The third kappa shape index (κ3) is 3.47. The molecule has 0 bridgehead atoms. The van der Waals surface area contributed by atoms with E-state index in [0.29, 0.717) is 10.6 Å². The lowest BCUT2D eigenvalue weighted by molar-refractivity contribution is 0.0597. The summed E-state index contributed by atoms with van der Waals surface area (Å²) in [6.45, 7) is 0. The Hall–Kier alpha value is -2.19. The van der Waals surface area contributed by atoms with E-state index in [-0.39, 0.29) is 27.4 Å². The smallest absolute Gasteiger partial charge is 0.339 e. The van der Waals surface area contributed by atoms with Crippen molar-refractivity contribution in [3.63, 3.8) is 0 Å². The number of nitrogens with zero attached hydrogens (tertiary/aromatic N) is 2. The summed E-state index contributed by atoms with van der Waals surface area (Å²) in [6.07, 6.45) is 0. The van der Waals surface area contributed by atoms with Gasteiger partial charge in [-0.25, -0.2) is 14.8 Å². The summed E-state index contributed by atoms with van der Waals surface area (Å²) in [6, 6.07) is 4.41. The second kappa shape index (κ2) is 6.06. The minimum Gasteiger partial charge on any atom is -0.465 e. The van der Waals surface area contributed by atoms with Crippen molar-refractivity contribution in [1.82, 2.24) is 9.97 Å². The van der Waals surface area contributed by atoms with Crippen LogP contribution in [0, 0.1) is 0 Å². The molecule has 110 valence electrons. The van der Waals surface area contributed by atoms with Crippen LogP contribution in [0.15, 0.2) is 28.3 Å². The summed E-state index contributed by atoms with van der Waals surface area (Å²) in [4.78, 5) is 20.3. The molecule has 0 aliphatic carbocycles. The van der Waals surface area contributed by atoms with E-state index in [1.165, 1.54) is 25.3 Å². The van der Waals surface area contributed by atoms with Crippen molar-refractivity contribution in [1.29, 1.82) is 0 Å². The van der Waals surface area contributed by atoms with Crippen LogP contribution in [0.5, 0.6) is 0 Å². The van der Waals surface area contributed by atoms with Crippen LogP contribution in [0.4, 0.5) is 17.3 Å². The molecule has 0 fully saturated rings. The Morgan fingerprint density at radius 3 is 2.38 bits per heavy atom. The number of ether oxygens (including phenoxy) is 1. The maximum absolute atomic E-state index is 11.8. The molecule has 0 saturated carbocycles. The lowest BCUT2D eigenvalue weighted by atomic mass is 10.2. The molecule has 9 heteroatoms. The van der Waals surface area contributed by atoms with Crippen molar-refractivity contribution in [2.75, 3.05) is 24.3 Å². The first-order valence-electron chi connectivity index (χ1n) is 5.66. The van der Waals surface area contributed by atoms with Gasteiger partial charge in [0.05, 0.1) is 17.7 Å². The molecule has 2 rings (SSSR count). The van der Waals surface area contributed by atoms with Crippen LogP contribution in [0.25, 0.3) is 0 Å². The predicted octanol–water partition coefficient (Wildman–Crippen LogP) is 1.81. The molecular weight excluding hydrogens is 314 g/mol. The number of nitrogen functional groups attached to an aromatic ring is 3. The number of benzene rings is 1. The van der Waals surface area contributed by atoms with E-state index in [1.54, 1.807) is 0 Å². The van der Waals surface area contributed by atoms with Crippen LogP contribution >= 0.6 is 23.4 Å². The molecule has 0 aliphatic rings. The fourth-order valence-electron chi connectivity index (χ4n) is 1.58. The number of hydrogen-bond donors (Lipinski definition) is 3. The number of carbonyl (C=O) groups is 1. The van der Waals surface area contributed by atoms with E-state index in [2.05, 4.69) is 9.97 Å². The second-order valence-electron chi connectivity index (χ2n) is 3.97. The molecule has 0 atom stereocenters. The van der Waals surface area contributed by atoms with Crippen molar-refractivity contribution < 1.29 is 9.53 Å². The van der Waals surface area contributed by atoms with Gasteiger partial charge in [0.2, 0.25) is 0 Å². The quantitative estimate of drug-likeness (QED) is 0.442. The van der Waals surface area contributed by atoms with Crippen molar-refractivity contribution >= 4 is 46.7 Å². The summed E-state index contributed by atoms with van der Waals surface area (Å²) in [7, 11) is 1.27. The van der Waals surface area contributed by atoms with Gasteiger partial charge in [-0.2, -0.15) is 0 Å². The molecular formula is C12H12ClN5O2S. The van der Waals surface area contributed by atoms with Crippen molar-refractivity contribution in [3.8, 4) is 0 Å². The Bertz CT molecular complexity index is 690. The second-order valence-corrected chi connectivity index (χ2v) is 5.36. The van der Waals surface area contributed by atoms with Gasteiger partial charge in [-0.05, 0) is 23.9 Å². The largest absolute Gasteiger partial charge is 0.465 e. The molecule has 0 aliphatic heterocycles. The van der Waals surface area contributed by atoms with Crippen LogP contribution < -0.4 is 17.2 Å². The SMILES string of the molecule is COC(=O)c1cc(N)cc(Cl)c1Sc1nc(N)cc(N)n1. The van der Waals surface area contributed by atoms with Crippen LogP contribution in [0.3, 0.4) is 0 Å². The molecule has 7 nitrogen and oxygen atoms in total. The molecule has 2 aromatic rings. The molecule has 1 aromatic heterocycles. The number of esters is 1. The van der Waals surface area contributed by atoms with Crippen LogP contribution in [0.1, 0.15) is 10.4 Å². The highest BCUT2D eigenvalue weighted by Gasteiger charge is 2.18. The van der Waals surface area contributed by atoms with E-state index in [1.807, 2.05) is 0 Å². The zero-order valence-corrected chi connectivity index (χ0v) is 12.5. The molecule has 1 heterocycles. The van der Waals surface area contributed by atoms with E-state index >= 15 is 0 Å². The minimum absolute atomic E-state index is 0.219. The summed E-state index contributed by atoms with van der Waals surface area (Å²) >= 11 is 7.19. The fourth-order valence-corrected chi connectivity index (χ4v) is 2.82. The number of halogens is 1. The summed E-state index contributed by atoms with van der Waals surface area (Å²) in [5.74, 6) is -0.129. The van der Waals surface area contributed by atoms with Crippen LogP contribution in [-0.4, -0.2) is 23.0 Å². The zero-order valence-electron chi connectivity index (χ0n) is 11.0. The van der Waals surface area contributed by atoms with Gasteiger partial charge in [-0.15, -0.1) is 0 Å². The van der Waals surface area contributed by atoms with Gasteiger partial charge in [0.15, 0.2) is 5.16 Å². The van der Waals surface area contributed by atoms with Crippen LogP contribution in [0.2, 0.25) is 5.02 Å². The average molecular weight is 326 g/mol. The van der Waals surface area contributed by atoms with Gasteiger partial charge in [0.25, 0.3) is 0 Å². The van der Waals surface area contributed by atoms with Crippen molar-refractivity contribution in [2.45, 2.75) is 10.1 Å². The fraction of sp³-hybridized carbons (Fsp3) is 0.0833. The van der Waals surface area contributed by atoms with Gasteiger partial charge >= 0.3 is 5.97 Å². The van der Waals surface area contributed by atoms with E-state index in [9.17, 15) is 4.79 Å². The third-order valence-electron chi connectivity index (χ3n) is 2.41. The summed E-state index contributed by atoms with van der Waals surface area (Å²) in [5.41, 5.74) is 17.5. The molecule has 0 spiro atoms. The lowest BCUT2D eigenvalue weighted by Gasteiger charge is -2.10. The first-order chi connectivity index (χ1) is 9.90. The van der Waals surface area contributed by atoms with Crippen molar-refractivity contribution in [2.24, 2.45) is 0 Å². The zero-order chi connectivity index (χ0) is 15.6. The van der Waals surface area contributed by atoms with Crippen LogP contribution in [-0.2, 0) is 4.74 Å². The van der Waals surface area contributed by atoms with E-state index < -0.39 is 5.97 Å². The van der Waals surface area contributed by atoms with Gasteiger partial charge in [-0.1, -0.05) is 11.6 Å². The van der Waals surface area contributed by atoms with E-state index in [0.717, 1.165) is 11.8 Å². The normalized spacial score (nSPS) is 10.4. The molecule has 0 unspecified atom stereocenters. The lowest BCUT2D eigenvalue weighted by Crippen LogP contribution is -2.06. The average Bonchev–Trinajstić information content (AvgIpc) is 2.39. The third-order valence-corrected chi connectivity index (χ3v) is 3.83. The maximum Gasteiger partial charge on any atom is 0.339 e. The monoisotopic (exact) mass is 325 g/mol. The first kappa shape index (κ1) is 15.2. The number of methoxy groups -OCH3 is 1. The highest BCUT2D eigenvalue weighted by Crippen LogP contribution is 2.37. The first-order valence-corrected chi connectivity index (χ1v) is 6.85. The molecule has 0 saturated heterocycles. The highest BCUT2D eigenvalue weighted by molar-refractivity contribution is 7.99. The Labute approximate surface area is 129 Å². The predicted molar refractivity (Wildman–Crippen MR) is 82.2 cm³/mol. The molecule has 0 amide bonds. The number of rotatable bonds is 3. The van der Waals surface area contributed by atoms with Gasteiger partial charge in [0.1, 0.15) is 11.6 Å². The Kier molecular flexibility index (Phi) is 4.39. The molecule has 21 heavy (non-hydrogen) atoms. The minimum atomic E-state index is -0.566. The van der Waals surface area contributed by atoms with Crippen molar-refractivity contribution in [3.05, 3.63) is 28.8 Å². The molecule has 6 N–H and O–H groups in total. The molecule has 1 aromatic carbocycles. The number of carbonyl (C=O) groups excluding carboxylic acids is 1. The van der Waals surface area contributed by atoms with Gasteiger partial charge in [-0.3, -0.25) is 0 Å². The number of nitrogens with two attached hydrogens (primary N) is 3. The highest BCUT2D eigenvalue weighted by atomic mass is 35.5. The Morgan fingerprint density at radius 1 is 1.19 bits per heavy atom. The molecule has 0 radical (unpaired) electrons. The Morgan fingerprint density at radius 2 is 1.81 bits per heavy atom. The standard InChI is InChI=1S/C12H12ClN5O2S/c1-20-11(19)6-2-5(14)3-7(13)10(6)21-12-17-8(15)4-9(16)18-12/h2-4H,14H2,1H3,(H4,15,16,17,18). The summed E-state index contributed by atoms with van der Waals surface area (Å²) < 4.78 is 4.72. The number of hydrogen-bond acceptors (Lipinski definition) is 8. The number of anilines is 3. The van der Waals surface area contributed by atoms with E-state index in [4.69, 9.17) is 33.5 Å². The van der Waals surface area contributed by atoms with Gasteiger partial charge < -0.3 is 21.9 Å².